The molecule has 0 fully saturated rings. The van der Waals surface area contributed by atoms with Crippen LogP contribution in [0.2, 0.25) is 0 Å². The first kappa shape index (κ1) is 16.2. The van der Waals surface area contributed by atoms with E-state index in [1.807, 2.05) is 30.3 Å². The van der Waals surface area contributed by atoms with Gasteiger partial charge in [-0.15, -0.1) is 0 Å². The second-order valence-corrected chi connectivity index (χ2v) is 4.88. The van der Waals surface area contributed by atoms with Crippen molar-refractivity contribution in [3.8, 4) is 0 Å². The van der Waals surface area contributed by atoms with Crippen LogP contribution in [0.1, 0.15) is 44.6 Å². The Bertz CT molecular complexity index is 414. The summed E-state index contributed by atoms with van der Waals surface area (Å²) in [7, 11) is 0. The minimum Gasteiger partial charge on any atom is -0.481 e. The lowest BCUT2D eigenvalue weighted by Crippen LogP contribution is -2.21. The molecule has 0 spiro atoms. The molecule has 0 radical (unpaired) electrons. The van der Waals surface area contributed by atoms with Crippen LogP contribution >= 0.6 is 0 Å². The van der Waals surface area contributed by atoms with Gasteiger partial charge in [-0.3, -0.25) is 9.59 Å². The third-order valence-corrected chi connectivity index (χ3v) is 3.13. The summed E-state index contributed by atoms with van der Waals surface area (Å²) in [5, 5.41) is 8.87. The molecule has 0 saturated carbocycles. The van der Waals surface area contributed by atoms with Gasteiger partial charge in [0.15, 0.2) is 0 Å². The SMILES string of the molecule is CCCCC[C@@H](CC(=O)O)C(=O)OCc1ccccc1. The predicted molar refractivity (Wildman–Crippen MR) is 76.1 cm³/mol. The molecule has 1 N–H and O–H groups in total. The van der Waals surface area contributed by atoms with Crippen LogP contribution in [0.3, 0.4) is 0 Å². The van der Waals surface area contributed by atoms with Crippen molar-refractivity contribution in [2.75, 3.05) is 0 Å². The predicted octanol–water partition coefficient (Wildman–Crippen LogP) is 3.40. The number of esters is 1. The highest BCUT2D eigenvalue weighted by Crippen LogP contribution is 2.17. The summed E-state index contributed by atoms with van der Waals surface area (Å²) in [6.07, 6.45) is 3.32. The van der Waals surface area contributed by atoms with Gasteiger partial charge in [-0.1, -0.05) is 56.5 Å². The number of carboxylic acids is 1. The molecule has 1 atom stereocenters. The van der Waals surface area contributed by atoms with Gasteiger partial charge >= 0.3 is 11.9 Å². The highest BCUT2D eigenvalue weighted by Gasteiger charge is 2.22. The van der Waals surface area contributed by atoms with Crippen LogP contribution in [0.15, 0.2) is 30.3 Å². The van der Waals surface area contributed by atoms with E-state index in [0.29, 0.717) is 6.42 Å². The van der Waals surface area contributed by atoms with Crippen molar-refractivity contribution in [2.45, 2.75) is 45.6 Å². The summed E-state index contributed by atoms with van der Waals surface area (Å²) in [6.45, 7) is 2.27. The standard InChI is InChI=1S/C16H22O4/c1-2-3-5-10-14(11-15(17)18)16(19)20-12-13-8-6-4-7-9-13/h4,6-9,14H,2-3,5,10-12H2,1H3,(H,17,18)/t14-/m0/s1. The summed E-state index contributed by atoms with van der Waals surface area (Å²) in [4.78, 5) is 22.8. The molecule has 0 aliphatic rings. The van der Waals surface area contributed by atoms with Gasteiger partial charge in [0, 0.05) is 0 Å². The molecule has 110 valence electrons. The maximum Gasteiger partial charge on any atom is 0.309 e. The Morgan fingerprint density at radius 3 is 2.50 bits per heavy atom. The van der Waals surface area contributed by atoms with Crippen molar-refractivity contribution in [1.29, 1.82) is 0 Å². The highest BCUT2D eigenvalue weighted by atomic mass is 16.5. The first-order valence-electron chi connectivity index (χ1n) is 7.05. The van der Waals surface area contributed by atoms with E-state index in [-0.39, 0.29) is 13.0 Å². The number of hydrogen-bond donors (Lipinski definition) is 1. The van der Waals surface area contributed by atoms with Gasteiger partial charge in [-0.05, 0) is 12.0 Å². The Labute approximate surface area is 119 Å². The first-order chi connectivity index (χ1) is 9.63. The maximum absolute atomic E-state index is 12.0. The van der Waals surface area contributed by atoms with Crippen molar-refractivity contribution >= 4 is 11.9 Å². The van der Waals surface area contributed by atoms with Crippen LogP contribution in [-0.2, 0) is 20.9 Å². The topological polar surface area (TPSA) is 63.6 Å². The highest BCUT2D eigenvalue weighted by molar-refractivity contribution is 5.79. The first-order valence-corrected chi connectivity index (χ1v) is 7.05. The van der Waals surface area contributed by atoms with Gasteiger partial charge in [0.1, 0.15) is 6.61 Å². The summed E-state index contributed by atoms with van der Waals surface area (Å²) < 4.78 is 5.22. The molecule has 0 aromatic heterocycles. The summed E-state index contributed by atoms with van der Waals surface area (Å²) in [6, 6.07) is 9.38. The van der Waals surface area contributed by atoms with Crippen molar-refractivity contribution in [3.05, 3.63) is 35.9 Å². The molecule has 0 bridgehead atoms. The molecule has 1 rings (SSSR count). The molecule has 0 aliphatic carbocycles. The molecule has 1 aromatic carbocycles. The average molecular weight is 278 g/mol. The number of rotatable bonds is 9. The zero-order valence-corrected chi connectivity index (χ0v) is 11.9. The van der Waals surface area contributed by atoms with Crippen molar-refractivity contribution in [1.82, 2.24) is 0 Å². The van der Waals surface area contributed by atoms with E-state index in [1.165, 1.54) is 0 Å². The molecular weight excluding hydrogens is 256 g/mol. The van der Waals surface area contributed by atoms with Crippen molar-refractivity contribution < 1.29 is 19.4 Å². The molecule has 0 heterocycles. The number of benzene rings is 1. The number of ether oxygens (including phenoxy) is 1. The van der Waals surface area contributed by atoms with Crippen LogP contribution in [0.4, 0.5) is 0 Å². The van der Waals surface area contributed by atoms with E-state index in [1.54, 1.807) is 0 Å². The molecule has 20 heavy (non-hydrogen) atoms. The minimum absolute atomic E-state index is 0.155. The van der Waals surface area contributed by atoms with Crippen molar-refractivity contribution in [2.24, 2.45) is 5.92 Å². The zero-order valence-electron chi connectivity index (χ0n) is 11.9. The number of hydrogen-bond acceptors (Lipinski definition) is 3. The number of unbranched alkanes of at least 4 members (excludes halogenated alkanes) is 2. The molecular formula is C16H22O4. The molecule has 1 aromatic rings. The van der Waals surface area contributed by atoms with Gasteiger partial charge in [0.2, 0.25) is 0 Å². The smallest absolute Gasteiger partial charge is 0.309 e. The van der Waals surface area contributed by atoms with E-state index in [0.717, 1.165) is 24.8 Å². The third kappa shape index (κ3) is 6.36. The summed E-state index contributed by atoms with van der Waals surface area (Å²) >= 11 is 0. The Kier molecular flexibility index (Phi) is 7.40. The number of carboxylic acid groups (broad SMARTS) is 1. The summed E-state index contributed by atoms with van der Waals surface area (Å²) in [5.41, 5.74) is 0.906. The van der Waals surface area contributed by atoms with E-state index in [4.69, 9.17) is 9.84 Å². The molecule has 0 aliphatic heterocycles. The Morgan fingerprint density at radius 1 is 1.20 bits per heavy atom. The van der Waals surface area contributed by atoms with Gasteiger partial charge in [-0.25, -0.2) is 0 Å². The molecule has 0 amide bonds. The van der Waals surface area contributed by atoms with Gasteiger partial charge in [0.25, 0.3) is 0 Å². The molecule has 4 heteroatoms. The fraction of sp³-hybridized carbons (Fsp3) is 0.500. The average Bonchev–Trinajstić information content (AvgIpc) is 2.44. The summed E-state index contributed by atoms with van der Waals surface area (Å²) in [5.74, 6) is -1.90. The largest absolute Gasteiger partial charge is 0.481 e. The quantitative estimate of drug-likeness (QED) is 0.555. The molecule has 0 saturated heterocycles. The Morgan fingerprint density at radius 2 is 1.90 bits per heavy atom. The van der Waals surface area contributed by atoms with Crippen LogP contribution in [0, 0.1) is 5.92 Å². The Balaban J connectivity index is 2.47. The lowest BCUT2D eigenvalue weighted by atomic mass is 9.98. The minimum atomic E-state index is -0.955. The van der Waals surface area contributed by atoms with Gasteiger partial charge < -0.3 is 9.84 Å². The number of carbonyl (C=O) groups is 2. The van der Waals surface area contributed by atoms with Crippen LogP contribution in [0.25, 0.3) is 0 Å². The van der Waals surface area contributed by atoms with E-state index >= 15 is 0 Å². The maximum atomic E-state index is 12.0. The molecule has 0 unspecified atom stereocenters. The number of carbonyl (C=O) groups excluding carboxylic acids is 1. The van der Waals surface area contributed by atoms with Crippen LogP contribution in [-0.4, -0.2) is 17.0 Å². The van der Waals surface area contributed by atoms with Gasteiger partial charge in [0.05, 0.1) is 12.3 Å². The fourth-order valence-corrected chi connectivity index (χ4v) is 2.00. The van der Waals surface area contributed by atoms with E-state index < -0.39 is 17.9 Å². The Hall–Kier alpha value is -1.84. The monoisotopic (exact) mass is 278 g/mol. The second kappa shape index (κ2) is 9.13. The van der Waals surface area contributed by atoms with Crippen molar-refractivity contribution in [3.63, 3.8) is 0 Å². The fourth-order valence-electron chi connectivity index (χ4n) is 2.00. The number of aliphatic carboxylic acids is 1. The van der Waals surface area contributed by atoms with E-state index in [9.17, 15) is 9.59 Å². The second-order valence-electron chi connectivity index (χ2n) is 4.88. The van der Waals surface area contributed by atoms with Crippen LogP contribution in [0.5, 0.6) is 0 Å². The third-order valence-electron chi connectivity index (χ3n) is 3.13. The normalized spacial score (nSPS) is 11.8. The van der Waals surface area contributed by atoms with E-state index in [2.05, 4.69) is 6.92 Å². The lowest BCUT2D eigenvalue weighted by molar-refractivity contribution is -0.154. The molecule has 4 nitrogen and oxygen atoms in total. The van der Waals surface area contributed by atoms with Crippen LogP contribution < -0.4 is 0 Å². The van der Waals surface area contributed by atoms with Gasteiger partial charge in [-0.2, -0.15) is 0 Å². The lowest BCUT2D eigenvalue weighted by Gasteiger charge is -2.14. The zero-order chi connectivity index (χ0) is 14.8.